The maximum atomic E-state index is 12.1. The SMILES string of the molecule is C#CCCC(C)(C)OCCC(C)(C)NC(=O)CCOCCN1C(=O)C=CC1=O. The highest BCUT2D eigenvalue weighted by Gasteiger charge is 2.24. The summed E-state index contributed by atoms with van der Waals surface area (Å²) in [4.78, 5) is 36.0. The number of ether oxygens (including phenoxy) is 2. The lowest BCUT2D eigenvalue weighted by molar-refractivity contribution is -0.138. The van der Waals surface area contributed by atoms with Crippen LogP contribution in [0.2, 0.25) is 0 Å². The lowest BCUT2D eigenvalue weighted by Crippen LogP contribution is -2.45. The van der Waals surface area contributed by atoms with Crippen LogP contribution in [0.3, 0.4) is 0 Å². The first kappa shape index (κ1) is 23.9. The summed E-state index contributed by atoms with van der Waals surface area (Å²) in [6.07, 6.45) is 10.1. The van der Waals surface area contributed by atoms with Crippen molar-refractivity contribution in [2.24, 2.45) is 0 Å². The molecule has 0 aromatic rings. The monoisotopic (exact) mass is 392 g/mol. The Morgan fingerprint density at radius 2 is 1.75 bits per heavy atom. The number of carbonyl (C=O) groups is 3. The Hall–Kier alpha value is -2.17. The molecule has 0 fully saturated rings. The number of amides is 3. The molecule has 28 heavy (non-hydrogen) atoms. The third-order valence-corrected chi connectivity index (χ3v) is 4.40. The van der Waals surface area contributed by atoms with Crippen molar-refractivity contribution in [1.29, 1.82) is 0 Å². The van der Waals surface area contributed by atoms with Crippen LogP contribution >= 0.6 is 0 Å². The van der Waals surface area contributed by atoms with Gasteiger partial charge in [0.05, 0.1) is 25.4 Å². The third-order valence-electron chi connectivity index (χ3n) is 4.40. The van der Waals surface area contributed by atoms with Gasteiger partial charge >= 0.3 is 0 Å². The van der Waals surface area contributed by atoms with Gasteiger partial charge in [-0.1, -0.05) is 0 Å². The van der Waals surface area contributed by atoms with Crippen molar-refractivity contribution in [2.75, 3.05) is 26.4 Å². The minimum Gasteiger partial charge on any atom is -0.379 e. The van der Waals surface area contributed by atoms with E-state index in [0.29, 0.717) is 19.4 Å². The van der Waals surface area contributed by atoms with Crippen LogP contribution in [0, 0.1) is 12.3 Å². The summed E-state index contributed by atoms with van der Waals surface area (Å²) in [5.41, 5.74) is -0.687. The Kier molecular flexibility index (Phi) is 9.36. The number of carbonyl (C=O) groups excluding carboxylic acids is 3. The van der Waals surface area contributed by atoms with E-state index < -0.39 is 5.54 Å². The fourth-order valence-corrected chi connectivity index (χ4v) is 2.60. The molecule has 0 radical (unpaired) electrons. The number of nitrogens with one attached hydrogen (secondary N) is 1. The topological polar surface area (TPSA) is 84.9 Å². The van der Waals surface area contributed by atoms with Gasteiger partial charge in [-0.05, 0) is 40.5 Å². The summed E-state index contributed by atoms with van der Waals surface area (Å²) >= 11 is 0. The second kappa shape index (κ2) is 11.0. The predicted octanol–water partition coefficient (Wildman–Crippen LogP) is 1.81. The Morgan fingerprint density at radius 3 is 2.36 bits per heavy atom. The molecule has 0 unspecified atom stereocenters. The quantitative estimate of drug-likeness (QED) is 0.294. The lowest BCUT2D eigenvalue weighted by atomic mass is 9.99. The van der Waals surface area contributed by atoms with Crippen molar-refractivity contribution in [3.8, 4) is 12.3 Å². The summed E-state index contributed by atoms with van der Waals surface area (Å²) in [5, 5.41) is 2.97. The molecule has 0 atom stereocenters. The van der Waals surface area contributed by atoms with Gasteiger partial charge in [-0.15, -0.1) is 12.3 Å². The summed E-state index contributed by atoms with van der Waals surface area (Å²) in [6.45, 7) is 9.04. The van der Waals surface area contributed by atoms with Crippen LogP contribution in [0.25, 0.3) is 0 Å². The molecular formula is C21H32N2O5. The zero-order chi connectivity index (χ0) is 21.2. The molecule has 1 aliphatic heterocycles. The zero-order valence-corrected chi connectivity index (χ0v) is 17.4. The maximum Gasteiger partial charge on any atom is 0.253 e. The standard InChI is InChI=1S/C21H32N2O5/c1-6-7-11-21(4,5)28-15-12-20(2,3)22-17(24)10-14-27-16-13-23-18(25)8-9-19(23)26/h1,8-9H,7,10-16H2,2-5H3,(H,22,24). The van der Waals surface area contributed by atoms with Crippen LogP contribution in [-0.2, 0) is 23.9 Å². The van der Waals surface area contributed by atoms with Gasteiger partial charge in [0, 0.05) is 37.1 Å². The van der Waals surface area contributed by atoms with Gasteiger partial charge in [-0.25, -0.2) is 0 Å². The van der Waals surface area contributed by atoms with E-state index >= 15 is 0 Å². The Bertz CT molecular complexity index is 613. The molecule has 156 valence electrons. The molecular weight excluding hydrogens is 360 g/mol. The van der Waals surface area contributed by atoms with Gasteiger partial charge in [0.2, 0.25) is 5.91 Å². The normalized spacial score (nSPS) is 14.5. The first-order valence-corrected chi connectivity index (χ1v) is 9.56. The maximum absolute atomic E-state index is 12.1. The zero-order valence-electron chi connectivity index (χ0n) is 17.4. The van der Waals surface area contributed by atoms with Crippen LogP contribution in [-0.4, -0.2) is 60.1 Å². The van der Waals surface area contributed by atoms with Crippen LogP contribution < -0.4 is 5.32 Å². The number of terminal acetylenes is 1. The second-order valence-electron chi connectivity index (χ2n) is 8.02. The Morgan fingerprint density at radius 1 is 1.11 bits per heavy atom. The molecule has 0 aliphatic carbocycles. The summed E-state index contributed by atoms with van der Waals surface area (Å²) in [7, 11) is 0. The third kappa shape index (κ3) is 9.16. The van der Waals surface area contributed by atoms with Crippen molar-refractivity contribution in [2.45, 2.75) is 64.5 Å². The highest BCUT2D eigenvalue weighted by Crippen LogP contribution is 2.18. The fraction of sp³-hybridized carbons (Fsp3) is 0.667. The van der Waals surface area contributed by atoms with Gasteiger partial charge in [0.1, 0.15) is 0 Å². The van der Waals surface area contributed by atoms with E-state index in [4.69, 9.17) is 15.9 Å². The minimum absolute atomic E-state index is 0.119. The summed E-state index contributed by atoms with van der Waals surface area (Å²) in [5.74, 6) is 1.83. The van der Waals surface area contributed by atoms with E-state index in [2.05, 4.69) is 11.2 Å². The highest BCUT2D eigenvalue weighted by molar-refractivity contribution is 6.12. The average molecular weight is 392 g/mol. The molecule has 1 heterocycles. The van der Waals surface area contributed by atoms with Crippen molar-refractivity contribution in [3.05, 3.63) is 12.2 Å². The molecule has 0 saturated heterocycles. The first-order valence-electron chi connectivity index (χ1n) is 9.56. The van der Waals surface area contributed by atoms with E-state index in [1.54, 1.807) is 0 Å². The summed E-state index contributed by atoms with van der Waals surface area (Å²) in [6, 6.07) is 0. The van der Waals surface area contributed by atoms with Crippen LogP contribution in [0.5, 0.6) is 0 Å². The number of hydrogen-bond acceptors (Lipinski definition) is 5. The van der Waals surface area contributed by atoms with Crippen molar-refractivity contribution >= 4 is 17.7 Å². The lowest BCUT2D eigenvalue weighted by Gasteiger charge is -2.30. The molecule has 3 amide bonds. The van der Waals surface area contributed by atoms with Gasteiger partial charge in [0.15, 0.2) is 0 Å². The minimum atomic E-state index is -0.403. The first-order chi connectivity index (χ1) is 13.1. The fourth-order valence-electron chi connectivity index (χ4n) is 2.60. The number of rotatable bonds is 13. The molecule has 0 bridgehead atoms. The second-order valence-corrected chi connectivity index (χ2v) is 8.02. The molecule has 1 N–H and O–H groups in total. The van der Waals surface area contributed by atoms with E-state index in [1.165, 1.54) is 12.2 Å². The average Bonchev–Trinajstić information content (AvgIpc) is 2.90. The van der Waals surface area contributed by atoms with Gasteiger partial charge in [-0.3, -0.25) is 19.3 Å². The van der Waals surface area contributed by atoms with Gasteiger partial charge in [0.25, 0.3) is 11.8 Å². The number of nitrogens with zero attached hydrogens (tertiary/aromatic N) is 1. The van der Waals surface area contributed by atoms with Crippen LogP contribution in [0.4, 0.5) is 0 Å². The molecule has 1 rings (SSSR count). The molecule has 0 spiro atoms. The number of imide groups is 1. The predicted molar refractivity (Wildman–Crippen MR) is 106 cm³/mol. The van der Waals surface area contributed by atoms with Crippen LogP contribution in [0.15, 0.2) is 12.2 Å². The molecule has 1 aliphatic rings. The van der Waals surface area contributed by atoms with Gasteiger partial charge in [-0.2, -0.15) is 0 Å². The molecule has 7 heteroatoms. The summed E-state index contributed by atoms with van der Waals surface area (Å²) < 4.78 is 11.3. The Balaban J connectivity index is 2.18. The van der Waals surface area contributed by atoms with Crippen molar-refractivity contribution < 1.29 is 23.9 Å². The highest BCUT2D eigenvalue weighted by atomic mass is 16.5. The van der Waals surface area contributed by atoms with E-state index in [9.17, 15) is 14.4 Å². The number of hydrogen-bond donors (Lipinski definition) is 1. The smallest absolute Gasteiger partial charge is 0.253 e. The molecule has 0 aromatic carbocycles. The molecule has 0 saturated carbocycles. The molecule has 7 nitrogen and oxygen atoms in total. The van der Waals surface area contributed by atoms with E-state index in [1.807, 2.05) is 27.7 Å². The van der Waals surface area contributed by atoms with Crippen LogP contribution in [0.1, 0.15) is 53.4 Å². The van der Waals surface area contributed by atoms with Crippen molar-refractivity contribution in [3.63, 3.8) is 0 Å². The van der Waals surface area contributed by atoms with E-state index in [0.717, 1.165) is 11.3 Å². The molecule has 0 aromatic heterocycles. The van der Waals surface area contributed by atoms with Gasteiger partial charge < -0.3 is 14.8 Å². The largest absolute Gasteiger partial charge is 0.379 e. The van der Waals surface area contributed by atoms with E-state index in [-0.39, 0.29) is 49.5 Å². The van der Waals surface area contributed by atoms with Crippen molar-refractivity contribution in [1.82, 2.24) is 10.2 Å². The Labute approximate surface area is 167 Å².